The van der Waals surface area contributed by atoms with E-state index in [9.17, 15) is 19.1 Å². The molecule has 0 fully saturated rings. The Morgan fingerprint density at radius 3 is 2.56 bits per heavy atom. The summed E-state index contributed by atoms with van der Waals surface area (Å²) < 4.78 is 25.4. The lowest BCUT2D eigenvalue weighted by molar-refractivity contribution is -0.137. The van der Waals surface area contributed by atoms with E-state index in [4.69, 9.17) is 21.1 Å². The summed E-state index contributed by atoms with van der Waals surface area (Å²) in [5.41, 5.74) is 2.31. The van der Waals surface area contributed by atoms with E-state index in [1.54, 1.807) is 24.3 Å². The van der Waals surface area contributed by atoms with Gasteiger partial charge in [0.25, 0.3) is 5.91 Å². The number of carboxylic acid groups (broad SMARTS) is 1. The highest BCUT2D eigenvalue weighted by atomic mass is 35.5. The Morgan fingerprint density at radius 2 is 1.89 bits per heavy atom. The van der Waals surface area contributed by atoms with Crippen LogP contribution in [0.2, 0.25) is 5.02 Å². The fourth-order valence-corrected chi connectivity index (χ4v) is 4.68. The highest BCUT2D eigenvalue weighted by molar-refractivity contribution is 6.30. The molecule has 3 aromatic carbocycles. The molecule has 0 radical (unpaired) electrons. The first-order valence-corrected chi connectivity index (χ1v) is 11.9. The lowest BCUT2D eigenvalue weighted by Crippen LogP contribution is -2.37. The number of rotatable bonds is 9. The topological polar surface area (TPSA) is 76.1 Å². The highest BCUT2D eigenvalue weighted by Crippen LogP contribution is 2.44. The molecule has 8 heteroatoms. The van der Waals surface area contributed by atoms with Gasteiger partial charge in [0.1, 0.15) is 18.0 Å². The molecular formula is C28H27ClFNO5. The SMILES string of the molecule is COc1cc(C(=O)N(CCc2cccc(F)c2)CC(=O)O)cc2c1OC(C)(Cc1ccc(Cl)cc1)C2. The summed E-state index contributed by atoms with van der Waals surface area (Å²) in [4.78, 5) is 26.1. The molecule has 1 unspecified atom stereocenters. The van der Waals surface area contributed by atoms with Crippen LogP contribution in [-0.4, -0.2) is 47.7 Å². The van der Waals surface area contributed by atoms with Gasteiger partial charge < -0.3 is 19.5 Å². The molecule has 188 valence electrons. The number of benzene rings is 3. The van der Waals surface area contributed by atoms with Crippen molar-refractivity contribution in [1.29, 1.82) is 0 Å². The number of nitrogens with zero attached hydrogens (tertiary/aromatic N) is 1. The third-order valence-electron chi connectivity index (χ3n) is 6.18. The normalized spacial score (nSPS) is 16.2. The van der Waals surface area contributed by atoms with Crippen molar-refractivity contribution >= 4 is 23.5 Å². The van der Waals surface area contributed by atoms with Gasteiger partial charge in [0.2, 0.25) is 0 Å². The zero-order valence-corrected chi connectivity index (χ0v) is 20.8. The van der Waals surface area contributed by atoms with Crippen molar-refractivity contribution in [3.63, 3.8) is 0 Å². The average Bonchev–Trinajstić information content (AvgIpc) is 3.17. The summed E-state index contributed by atoms with van der Waals surface area (Å²) in [5.74, 6) is -0.962. The second kappa shape index (κ2) is 10.6. The van der Waals surface area contributed by atoms with Gasteiger partial charge in [-0.1, -0.05) is 35.9 Å². The van der Waals surface area contributed by atoms with Crippen molar-refractivity contribution in [2.75, 3.05) is 20.2 Å². The number of ether oxygens (including phenoxy) is 2. The van der Waals surface area contributed by atoms with Gasteiger partial charge in [0.05, 0.1) is 7.11 Å². The molecule has 3 aromatic rings. The number of aliphatic carboxylic acids is 1. The summed E-state index contributed by atoms with van der Waals surface area (Å²) in [6, 6.07) is 16.9. The van der Waals surface area contributed by atoms with Gasteiger partial charge in [-0.3, -0.25) is 9.59 Å². The van der Waals surface area contributed by atoms with E-state index in [0.717, 1.165) is 11.1 Å². The fourth-order valence-electron chi connectivity index (χ4n) is 4.55. The van der Waals surface area contributed by atoms with Gasteiger partial charge in [0, 0.05) is 35.5 Å². The third-order valence-corrected chi connectivity index (χ3v) is 6.43. The molecule has 1 heterocycles. The number of amides is 1. The third kappa shape index (κ3) is 5.97. The Kier molecular flexibility index (Phi) is 7.50. The first kappa shape index (κ1) is 25.5. The van der Waals surface area contributed by atoms with Crippen molar-refractivity contribution in [1.82, 2.24) is 4.90 Å². The van der Waals surface area contributed by atoms with Gasteiger partial charge in [0.15, 0.2) is 11.5 Å². The fraction of sp³-hybridized carbons (Fsp3) is 0.286. The van der Waals surface area contributed by atoms with Crippen molar-refractivity contribution in [2.24, 2.45) is 0 Å². The molecule has 1 N–H and O–H groups in total. The van der Waals surface area contributed by atoms with Crippen LogP contribution in [0.1, 0.15) is 34.0 Å². The number of halogens is 2. The molecule has 1 aliphatic rings. The maximum atomic E-state index is 13.5. The molecule has 6 nitrogen and oxygen atoms in total. The van der Waals surface area contributed by atoms with Crippen LogP contribution in [0.15, 0.2) is 60.7 Å². The van der Waals surface area contributed by atoms with Gasteiger partial charge in [-0.25, -0.2) is 4.39 Å². The molecule has 0 aromatic heterocycles. The molecule has 0 bridgehead atoms. The first-order valence-electron chi connectivity index (χ1n) is 11.6. The zero-order chi connectivity index (χ0) is 25.9. The van der Waals surface area contributed by atoms with Gasteiger partial charge in [-0.05, 0) is 60.9 Å². The Labute approximate surface area is 214 Å². The van der Waals surface area contributed by atoms with Crippen LogP contribution in [-0.2, 0) is 24.1 Å². The van der Waals surface area contributed by atoms with Crippen LogP contribution < -0.4 is 9.47 Å². The number of carbonyl (C=O) groups is 2. The Hall–Kier alpha value is -3.58. The van der Waals surface area contributed by atoms with Crippen molar-refractivity contribution < 1.29 is 28.6 Å². The van der Waals surface area contributed by atoms with E-state index in [0.29, 0.717) is 46.9 Å². The maximum absolute atomic E-state index is 13.5. The molecule has 36 heavy (non-hydrogen) atoms. The first-order chi connectivity index (χ1) is 17.2. The van der Waals surface area contributed by atoms with Gasteiger partial charge >= 0.3 is 5.97 Å². The van der Waals surface area contributed by atoms with Gasteiger partial charge in [-0.2, -0.15) is 0 Å². The van der Waals surface area contributed by atoms with Gasteiger partial charge in [-0.15, -0.1) is 0 Å². The zero-order valence-electron chi connectivity index (χ0n) is 20.1. The quantitative estimate of drug-likeness (QED) is 0.427. The second-order valence-corrected chi connectivity index (χ2v) is 9.64. The molecule has 1 atom stereocenters. The van der Waals surface area contributed by atoms with E-state index in [1.165, 1.54) is 24.1 Å². The largest absolute Gasteiger partial charge is 0.493 e. The molecule has 1 aliphatic heterocycles. The lowest BCUT2D eigenvalue weighted by atomic mass is 9.91. The van der Waals surface area contributed by atoms with Crippen LogP contribution >= 0.6 is 11.6 Å². The van der Waals surface area contributed by atoms with Crippen LogP contribution in [0.4, 0.5) is 4.39 Å². The minimum Gasteiger partial charge on any atom is -0.493 e. The Bertz CT molecular complexity index is 1280. The number of hydrogen-bond donors (Lipinski definition) is 1. The van der Waals surface area contributed by atoms with E-state index in [2.05, 4.69) is 0 Å². The molecule has 0 saturated carbocycles. The van der Waals surface area contributed by atoms with E-state index >= 15 is 0 Å². The Morgan fingerprint density at radius 1 is 1.14 bits per heavy atom. The van der Waals surface area contributed by atoms with E-state index in [1.807, 2.05) is 31.2 Å². The summed E-state index contributed by atoms with van der Waals surface area (Å²) in [6.07, 6.45) is 1.50. The predicted molar refractivity (Wildman–Crippen MR) is 135 cm³/mol. The van der Waals surface area contributed by atoms with Crippen LogP contribution in [0.5, 0.6) is 11.5 Å². The lowest BCUT2D eigenvalue weighted by Gasteiger charge is -2.24. The predicted octanol–water partition coefficient (Wildman–Crippen LogP) is 5.19. The number of carboxylic acids is 1. The monoisotopic (exact) mass is 511 g/mol. The van der Waals surface area contributed by atoms with Crippen LogP contribution in [0.25, 0.3) is 0 Å². The molecule has 0 saturated heterocycles. The van der Waals surface area contributed by atoms with E-state index in [-0.39, 0.29) is 12.4 Å². The smallest absolute Gasteiger partial charge is 0.323 e. The Balaban J connectivity index is 1.56. The summed E-state index contributed by atoms with van der Waals surface area (Å²) in [7, 11) is 1.50. The number of fused-ring (bicyclic) bond motifs is 1. The average molecular weight is 512 g/mol. The van der Waals surface area contributed by atoms with Crippen molar-refractivity contribution in [3.05, 3.63) is 93.8 Å². The van der Waals surface area contributed by atoms with Crippen molar-refractivity contribution in [2.45, 2.75) is 31.8 Å². The molecule has 1 amide bonds. The van der Waals surface area contributed by atoms with Crippen molar-refractivity contribution in [3.8, 4) is 11.5 Å². The molecular weight excluding hydrogens is 485 g/mol. The number of hydrogen-bond acceptors (Lipinski definition) is 4. The highest BCUT2D eigenvalue weighted by Gasteiger charge is 2.38. The minimum absolute atomic E-state index is 0.124. The summed E-state index contributed by atoms with van der Waals surface area (Å²) in [6.45, 7) is 1.65. The number of carbonyl (C=O) groups excluding carboxylic acids is 1. The summed E-state index contributed by atoms with van der Waals surface area (Å²) in [5, 5.41) is 10.1. The minimum atomic E-state index is -1.13. The second-order valence-electron chi connectivity index (χ2n) is 9.20. The standard InChI is InChI=1S/C28H27ClFNO5/c1-28(15-19-6-8-22(29)9-7-19)16-21-13-20(14-24(35-2)26(21)36-28)27(34)31(17-25(32)33)11-10-18-4-3-5-23(30)12-18/h3-9,12-14H,10-11,15-17H2,1-2H3,(H,32,33). The van der Waals surface area contributed by atoms with Crippen LogP contribution in [0.3, 0.4) is 0 Å². The maximum Gasteiger partial charge on any atom is 0.323 e. The van der Waals surface area contributed by atoms with Crippen LogP contribution in [0, 0.1) is 5.82 Å². The molecule has 4 rings (SSSR count). The summed E-state index contributed by atoms with van der Waals surface area (Å²) >= 11 is 6.01. The van der Waals surface area contributed by atoms with E-state index < -0.39 is 24.0 Å². The number of methoxy groups -OCH3 is 1. The molecule has 0 aliphatic carbocycles. The molecule has 0 spiro atoms.